The van der Waals surface area contributed by atoms with E-state index >= 15 is 0 Å². The Morgan fingerprint density at radius 2 is 1.69 bits per heavy atom. The lowest BCUT2D eigenvalue weighted by atomic mass is 9.68. The Kier molecular flexibility index (Phi) is 8.60. The molecule has 4 aliphatic rings. The molecule has 0 spiro atoms. The Labute approximate surface area is 303 Å². The van der Waals surface area contributed by atoms with Gasteiger partial charge in [0.15, 0.2) is 18.1 Å². The van der Waals surface area contributed by atoms with E-state index in [1.165, 1.54) is 23.1 Å². The molecule has 3 heterocycles. The Bertz CT molecular complexity index is 2140. The van der Waals surface area contributed by atoms with E-state index in [9.17, 15) is 32.3 Å². The number of amides is 3. The van der Waals surface area contributed by atoms with Crippen LogP contribution >= 0.6 is 23.1 Å². The molecule has 2 saturated carbocycles. The lowest BCUT2D eigenvalue weighted by Gasteiger charge is -2.43. The van der Waals surface area contributed by atoms with Crippen molar-refractivity contribution in [1.82, 2.24) is 4.98 Å². The number of fused-ring (bicyclic) bond motifs is 9. The van der Waals surface area contributed by atoms with E-state index in [1.54, 1.807) is 62.2 Å². The van der Waals surface area contributed by atoms with Crippen molar-refractivity contribution in [3.63, 3.8) is 0 Å². The molecule has 6 unspecified atom stereocenters. The van der Waals surface area contributed by atoms with Gasteiger partial charge in [0.05, 0.1) is 47.5 Å². The standard InChI is InChI=1S/C37H32F3N3O7S2/c1-3-49-25-14-17(8-13-24(25)50-16-26(44)41-23-7-5-4-6-22(23)37(38,39)40)27-28-20-15-21(31(28)51-33-32(27)52-36(47)42-33)30-29(20)34(45)43(35(30)46)18-9-11-19(48-2)12-10-18/h4-14,20-21,27-31H,3,15-16H2,1-2H3,(H,41,44)(H,42,47)/t20?,21?,27-,28?,29?,30?,31?/m1/s1. The molecule has 52 heavy (non-hydrogen) atoms. The quantitative estimate of drug-likeness (QED) is 0.184. The molecule has 10 nitrogen and oxygen atoms in total. The first kappa shape index (κ1) is 34.3. The molecule has 8 rings (SSSR count). The van der Waals surface area contributed by atoms with E-state index in [0.29, 0.717) is 23.6 Å². The average molecular weight is 752 g/mol. The van der Waals surface area contributed by atoms with Crippen molar-refractivity contribution in [3.05, 3.63) is 92.4 Å². The van der Waals surface area contributed by atoms with Crippen LogP contribution in [-0.4, -0.2) is 48.3 Å². The Morgan fingerprint density at radius 3 is 2.40 bits per heavy atom. The normalized spacial score (nSPS) is 25.8. The zero-order valence-electron chi connectivity index (χ0n) is 27.8. The van der Waals surface area contributed by atoms with Crippen LogP contribution in [0, 0.1) is 29.6 Å². The third-order valence-corrected chi connectivity index (χ3v) is 13.1. The molecule has 2 N–H and O–H groups in total. The number of alkyl halides is 3. The lowest BCUT2D eigenvalue weighted by Crippen LogP contribution is -2.42. The number of imide groups is 1. The second kappa shape index (κ2) is 13.0. The largest absolute Gasteiger partial charge is 0.497 e. The molecule has 270 valence electrons. The Hall–Kier alpha value is -4.76. The zero-order chi connectivity index (χ0) is 36.5. The van der Waals surface area contributed by atoms with Gasteiger partial charge in [0.25, 0.3) is 5.91 Å². The van der Waals surface area contributed by atoms with E-state index < -0.39 is 36.1 Å². The fraction of sp³-hybridized carbons (Fsp3) is 0.351. The van der Waals surface area contributed by atoms with Crippen LogP contribution in [0.5, 0.6) is 17.2 Å². The van der Waals surface area contributed by atoms with E-state index in [4.69, 9.17) is 14.2 Å². The van der Waals surface area contributed by atoms with Gasteiger partial charge in [0.2, 0.25) is 11.8 Å². The van der Waals surface area contributed by atoms with Crippen molar-refractivity contribution in [1.29, 1.82) is 0 Å². The number of hydrogen-bond donors (Lipinski definition) is 2. The highest BCUT2D eigenvalue weighted by atomic mass is 32.2. The highest BCUT2D eigenvalue weighted by Gasteiger charge is 2.69. The summed E-state index contributed by atoms with van der Waals surface area (Å²) < 4.78 is 57.4. The summed E-state index contributed by atoms with van der Waals surface area (Å²) in [4.78, 5) is 58.5. The number of methoxy groups -OCH3 is 1. The van der Waals surface area contributed by atoms with Crippen LogP contribution in [-0.2, 0) is 20.6 Å². The second-order valence-corrected chi connectivity index (χ2v) is 15.4. The molecule has 0 radical (unpaired) electrons. The number of para-hydroxylation sites is 1. The summed E-state index contributed by atoms with van der Waals surface area (Å²) in [7, 11) is 1.55. The summed E-state index contributed by atoms with van der Waals surface area (Å²) in [6.45, 7) is 1.47. The molecule has 15 heteroatoms. The van der Waals surface area contributed by atoms with Crippen molar-refractivity contribution in [2.45, 2.75) is 35.7 Å². The van der Waals surface area contributed by atoms with Gasteiger partial charge in [-0.2, -0.15) is 13.2 Å². The summed E-state index contributed by atoms with van der Waals surface area (Å²) in [5, 5.41) is 3.00. The topological polar surface area (TPSA) is 127 Å². The van der Waals surface area contributed by atoms with Gasteiger partial charge in [-0.1, -0.05) is 29.5 Å². The van der Waals surface area contributed by atoms with Gasteiger partial charge in [-0.05, 0) is 85.2 Å². The number of nitrogens with zero attached hydrogens (tertiary/aromatic N) is 1. The average Bonchev–Trinajstić information content (AvgIpc) is 3.86. The van der Waals surface area contributed by atoms with Gasteiger partial charge in [-0.25, -0.2) is 0 Å². The number of aromatic amines is 1. The van der Waals surface area contributed by atoms with Crippen molar-refractivity contribution < 1.29 is 41.8 Å². The van der Waals surface area contributed by atoms with Crippen LogP contribution in [0.4, 0.5) is 24.5 Å². The SMILES string of the molecule is CCOc1cc([C@H]2c3sc(=O)[nH]c3SC3C4CC(C5C(=O)N(c6ccc(OC)cc6)C(=O)C45)C32)ccc1OCC(=O)Nc1ccccc1C(F)(F)F. The van der Waals surface area contributed by atoms with Crippen LogP contribution in [0.3, 0.4) is 0 Å². The minimum absolute atomic E-state index is 0.0312. The van der Waals surface area contributed by atoms with E-state index in [0.717, 1.165) is 32.9 Å². The lowest BCUT2D eigenvalue weighted by molar-refractivity contribution is -0.137. The number of hydrogen-bond acceptors (Lipinski definition) is 9. The highest BCUT2D eigenvalue weighted by Crippen LogP contribution is 2.69. The molecule has 1 aromatic heterocycles. The van der Waals surface area contributed by atoms with Crippen molar-refractivity contribution in [2.24, 2.45) is 29.6 Å². The van der Waals surface area contributed by atoms with Gasteiger partial charge in [0, 0.05) is 16.0 Å². The predicted molar refractivity (Wildman–Crippen MR) is 187 cm³/mol. The van der Waals surface area contributed by atoms with Crippen molar-refractivity contribution in [2.75, 3.05) is 30.5 Å². The monoisotopic (exact) mass is 751 g/mol. The molecular weight excluding hydrogens is 720 g/mol. The van der Waals surface area contributed by atoms with Crippen molar-refractivity contribution >= 4 is 52.2 Å². The van der Waals surface area contributed by atoms with Crippen LogP contribution in [0.15, 0.2) is 76.6 Å². The van der Waals surface area contributed by atoms with Crippen LogP contribution in [0.25, 0.3) is 0 Å². The van der Waals surface area contributed by atoms with Crippen molar-refractivity contribution in [3.8, 4) is 17.2 Å². The van der Waals surface area contributed by atoms with E-state index in [2.05, 4.69) is 10.3 Å². The van der Waals surface area contributed by atoms with Gasteiger partial charge in [-0.15, -0.1) is 11.8 Å². The number of rotatable bonds is 9. The number of halogens is 3. The predicted octanol–water partition coefficient (Wildman–Crippen LogP) is 6.56. The molecule has 7 atom stereocenters. The van der Waals surface area contributed by atoms with E-state index in [1.807, 2.05) is 6.07 Å². The second-order valence-electron chi connectivity index (χ2n) is 13.2. The minimum Gasteiger partial charge on any atom is -0.497 e. The molecule has 2 bridgehead atoms. The summed E-state index contributed by atoms with van der Waals surface area (Å²) in [5.74, 6) is -1.53. The number of thioether (sulfide) groups is 1. The third-order valence-electron chi connectivity index (χ3n) is 10.5. The number of carbonyl (C=O) groups excluding carboxylic acids is 3. The summed E-state index contributed by atoms with van der Waals surface area (Å²) in [6, 6.07) is 16.9. The first-order chi connectivity index (χ1) is 25.0. The maximum atomic E-state index is 14.1. The number of aromatic nitrogens is 1. The van der Waals surface area contributed by atoms with Gasteiger partial charge in [-0.3, -0.25) is 24.1 Å². The van der Waals surface area contributed by atoms with Crippen LogP contribution in [0.1, 0.15) is 35.3 Å². The summed E-state index contributed by atoms with van der Waals surface area (Å²) in [6.07, 6.45) is -3.93. The number of carbonyl (C=O) groups is 3. The number of benzene rings is 3. The van der Waals surface area contributed by atoms with Crippen LogP contribution < -0.4 is 29.3 Å². The number of ether oxygens (including phenoxy) is 3. The number of nitrogens with one attached hydrogen (secondary N) is 2. The van der Waals surface area contributed by atoms with E-state index in [-0.39, 0.29) is 63.7 Å². The number of H-pyrrole nitrogens is 1. The first-order valence-electron chi connectivity index (χ1n) is 16.8. The van der Waals surface area contributed by atoms with Crippen LogP contribution in [0.2, 0.25) is 0 Å². The number of anilines is 2. The smallest absolute Gasteiger partial charge is 0.418 e. The molecule has 2 aliphatic carbocycles. The van der Waals surface area contributed by atoms with Gasteiger partial charge < -0.3 is 24.5 Å². The Balaban J connectivity index is 1.08. The van der Waals surface area contributed by atoms with Gasteiger partial charge in [0.1, 0.15) is 5.75 Å². The third kappa shape index (κ3) is 5.65. The summed E-state index contributed by atoms with van der Waals surface area (Å²) in [5.41, 5.74) is -0.0192. The fourth-order valence-corrected chi connectivity index (χ4v) is 11.5. The van der Waals surface area contributed by atoms with Gasteiger partial charge >= 0.3 is 11.0 Å². The molecule has 3 amide bonds. The summed E-state index contributed by atoms with van der Waals surface area (Å²) >= 11 is 2.71. The molecule has 4 aromatic rings. The first-order valence-corrected chi connectivity index (χ1v) is 18.4. The number of thiazole rings is 1. The molecule has 3 fully saturated rings. The maximum absolute atomic E-state index is 14.1. The fourth-order valence-electron chi connectivity index (χ4n) is 8.65. The molecular formula is C37H32F3N3O7S2. The maximum Gasteiger partial charge on any atom is 0.418 e. The molecule has 3 aromatic carbocycles. The molecule has 1 saturated heterocycles. The zero-order valence-corrected chi connectivity index (χ0v) is 29.4. The minimum atomic E-state index is -4.65. The molecule has 2 aliphatic heterocycles. The Morgan fingerprint density at radius 1 is 0.962 bits per heavy atom. The highest BCUT2D eigenvalue weighted by molar-refractivity contribution is 8.00.